The van der Waals surface area contributed by atoms with Crippen LogP contribution in [0.4, 0.5) is 0 Å². The maximum Gasteiger partial charge on any atom is 0.231 e. The largest absolute Gasteiger partial charge is 0.461 e. The van der Waals surface area contributed by atoms with E-state index in [1.807, 2.05) is 0 Å². The van der Waals surface area contributed by atoms with Gasteiger partial charge in [-0.2, -0.15) is 0 Å². The van der Waals surface area contributed by atoms with Gasteiger partial charge in [-0.3, -0.25) is 4.79 Å². The number of carbonyl (C=O) groups excluding carboxylic acids is 1. The van der Waals surface area contributed by atoms with Crippen molar-refractivity contribution in [3.8, 4) is 0 Å². The first-order chi connectivity index (χ1) is 9.79. The highest BCUT2D eigenvalue weighted by atomic mass is 35.5. The minimum atomic E-state index is -0.256. The first kappa shape index (κ1) is 14.7. The summed E-state index contributed by atoms with van der Waals surface area (Å²) in [5, 5.41) is 6.63. The van der Waals surface area contributed by atoms with Crippen LogP contribution in [0.2, 0.25) is 5.15 Å². The van der Waals surface area contributed by atoms with Gasteiger partial charge < -0.3 is 15.1 Å². The van der Waals surface area contributed by atoms with Crippen LogP contribution in [0.5, 0.6) is 0 Å². The van der Waals surface area contributed by atoms with Gasteiger partial charge in [0, 0.05) is 32.4 Å². The minimum absolute atomic E-state index is 0.189. The van der Waals surface area contributed by atoms with Gasteiger partial charge in [0.15, 0.2) is 5.76 Å². The van der Waals surface area contributed by atoms with E-state index in [9.17, 15) is 4.79 Å². The lowest BCUT2D eigenvalue weighted by Gasteiger charge is -2.11. The van der Waals surface area contributed by atoms with Crippen molar-refractivity contribution in [2.75, 3.05) is 26.2 Å². The topological polar surface area (TPSA) is 67.2 Å². The predicted molar refractivity (Wildman–Crippen MR) is 77.1 cm³/mol. The molecule has 3 heterocycles. The van der Waals surface area contributed by atoms with Gasteiger partial charge in [0.1, 0.15) is 5.15 Å². The monoisotopic (exact) mass is 293 g/mol. The van der Waals surface area contributed by atoms with Crippen molar-refractivity contribution in [3.05, 3.63) is 53.2 Å². The number of aromatic nitrogens is 1. The highest BCUT2D eigenvalue weighted by Crippen LogP contribution is 2.16. The number of furan rings is 1. The predicted octanol–water partition coefficient (Wildman–Crippen LogP) is 1.74. The molecule has 0 amide bonds. The van der Waals surface area contributed by atoms with Crippen LogP contribution in [0.1, 0.15) is 16.1 Å². The fraction of sp³-hybridized carbons (Fsp3) is 0.286. The van der Waals surface area contributed by atoms with Crippen LogP contribution in [0.3, 0.4) is 0 Å². The van der Waals surface area contributed by atoms with Crippen LogP contribution in [-0.2, 0) is 0 Å². The van der Waals surface area contributed by atoms with Gasteiger partial charge in [0.2, 0.25) is 5.78 Å². The summed E-state index contributed by atoms with van der Waals surface area (Å²) >= 11 is 5.76. The van der Waals surface area contributed by atoms with Crippen molar-refractivity contribution in [1.82, 2.24) is 15.6 Å². The highest BCUT2D eigenvalue weighted by Gasteiger charge is 2.14. The summed E-state index contributed by atoms with van der Waals surface area (Å²) in [6.07, 6.45) is 2.97. The van der Waals surface area contributed by atoms with Crippen LogP contribution in [-0.4, -0.2) is 36.9 Å². The Morgan fingerprint density at radius 3 is 2.35 bits per heavy atom. The molecule has 3 rings (SSSR count). The molecule has 0 aromatic carbocycles. The summed E-state index contributed by atoms with van der Waals surface area (Å²) in [6, 6.07) is 6.51. The number of halogens is 1. The maximum absolute atomic E-state index is 11.7. The lowest BCUT2D eigenvalue weighted by Crippen LogP contribution is -2.39. The van der Waals surface area contributed by atoms with Crippen LogP contribution in [0, 0.1) is 0 Å². The third kappa shape index (κ3) is 4.16. The van der Waals surface area contributed by atoms with Crippen molar-refractivity contribution in [3.63, 3.8) is 0 Å². The number of hydrogen-bond acceptors (Lipinski definition) is 5. The second kappa shape index (κ2) is 7.79. The number of hydrogen-bond donors (Lipinski definition) is 2. The second-order valence-corrected chi connectivity index (χ2v) is 4.51. The van der Waals surface area contributed by atoms with Crippen LogP contribution < -0.4 is 10.6 Å². The molecule has 1 fully saturated rings. The summed E-state index contributed by atoms with van der Waals surface area (Å²) in [5.74, 6) is 0.00741. The van der Waals surface area contributed by atoms with Gasteiger partial charge >= 0.3 is 0 Å². The van der Waals surface area contributed by atoms with Gasteiger partial charge in [0.05, 0.1) is 11.8 Å². The summed E-state index contributed by atoms with van der Waals surface area (Å²) in [6.45, 7) is 4.56. The lowest BCUT2D eigenvalue weighted by atomic mass is 10.1. The third-order valence-corrected chi connectivity index (χ3v) is 3.01. The smallest absolute Gasteiger partial charge is 0.231 e. The molecule has 2 aromatic heterocycles. The Kier molecular flexibility index (Phi) is 5.73. The minimum Gasteiger partial charge on any atom is -0.461 e. The van der Waals surface area contributed by atoms with Gasteiger partial charge in [-0.05, 0) is 24.3 Å². The third-order valence-electron chi connectivity index (χ3n) is 2.71. The van der Waals surface area contributed by atoms with E-state index < -0.39 is 0 Å². The van der Waals surface area contributed by atoms with Crippen LogP contribution >= 0.6 is 11.6 Å². The Morgan fingerprint density at radius 1 is 1.15 bits per heavy atom. The molecule has 106 valence electrons. The van der Waals surface area contributed by atoms with E-state index in [0.29, 0.717) is 5.56 Å². The zero-order valence-corrected chi connectivity index (χ0v) is 11.7. The van der Waals surface area contributed by atoms with Crippen LogP contribution in [0.25, 0.3) is 0 Å². The van der Waals surface area contributed by atoms with E-state index in [2.05, 4.69) is 15.6 Å². The average Bonchev–Trinajstić information content (AvgIpc) is 3.04. The molecule has 0 atom stereocenters. The van der Waals surface area contributed by atoms with E-state index in [0.717, 1.165) is 26.2 Å². The lowest BCUT2D eigenvalue weighted by molar-refractivity contribution is 0.101. The first-order valence-corrected chi connectivity index (χ1v) is 6.77. The number of nitrogens with one attached hydrogen (secondary N) is 2. The Balaban J connectivity index is 0.000000205. The Morgan fingerprint density at radius 2 is 1.85 bits per heavy atom. The number of ketones is 1. The summed E-state index contributed by atoms with van der Waals surface area (Å²) in [4.78, 5) is 15.5. The van der Waals surface area contributed by atoms with Crippen molar-refractivity contribution >= 4 is 17.4 Å². The molecule has 1 saturated heterocycles. The van der Waals surface area contributed by atoms with E-state index in [-0.39, 0.29) is 16.7 Å². The van der Waals surface area contributed by atoms with Crippen LogP contribution in [0.15, 0.2) is 41.1 Å². The van der Waals surface area contributed by atoms with E-state index in [1.54, 1.807) is 24.3 Å². The molecule has 20 heavy (non-hydrogen) atoms. The van der Waals surface area contributed by atoms with Crippen molar-refractivity contribution in [1.29, 1.82) is 0 Å². The van der Waals surface area contributed by atoms with Gasteiger partial charge in [-0.15, -0.1) is 0 Å². The first-order valence-electron chi connectivity index (χ1n) is 6.39. The fourth-order valence-electron chi connectivity index (χ4n) is 1.70. The molecule has 1 aliphatic rings. The Labute approximate surface area is 122 Å². The number of pyridine rings is 1. The van der Waals surface area contributed by atoms with E-state index in [4.69, 9.17) is 16.0 Å². The molecule has 2 N–H and O–H groups in total. The Hall–Kier alpha value is -1.69. The molecule has 1 aliphatic heterocycles. The normalized spacial score (nSPS) is 14.2. The van der Waals surface area contributed by atoms with Gasteiger partial charge in [-0.25, -0.2) is 4.98 Å². The SMILES string of the molecule is C1CNCCN1.O=C(c1ccco1)c1cccnc1Cl. The molecule has 2 aromatic rings. The Bertz CT molecular complexity index is 528. The highest BCUT2D eigenvalue weighted by molar-refractivity contribution is 6.33. The van der Waals surface area contributed by atoms with Crippen molar-refractivity contribution in [2.24, 2.45) is 0 Å². The summed E-state index contributed by atoms with van der Waals surface area (Å²) < 4.78 is 4.97. The van der Waals surface area contributed by atoms with Crippen molar-refractivity contribution < 1.29 is 9.21 Å². The molecule has 0 unspecified atom stereocenters. The number of rotatable bonds is 2. The molecule has 0 aliphatic carbocycles. The number of piperazine rings is 1. The molecule has 6 heteroatoms. The van der Waals surface area contributed by atoms with E-state index >= 15 is 0 Å². The molecule has 5 nitrogen and oxygen atoms in total. The molecule has 0 spiro atoms. The van der Waals surface area contributed by atoms with Crippen molar-refractivity contribution in [2.45, 2.75) is 0 Å². The molecular formula is C14H16ClN3O2. The average molecular weight is 294 g/mol. The maximum atomic E-state index is 11.7. The summed E-state index contributed by atoms with van der Waals surface area (Å²) in [5.41, 5.74) is 0.351. The zero-order valence-electron chi connectivity index (χ0n) is 10.9. The molecule has 0 radical (unpaired) electrons. The molecular weight excluding hydrogens is 278 g/mol. The van der Waals surface area contributed by atoms with Gasteiger partial charge in [0.25, 0.3) is 0 Å². The van der Waals surface area contributed by atoms with E-state index in [1.165, 1.54) is 12.5 Å². The molecule has 0 saturated carbocycles. The standard InChI is InChI=1S/C10H6ClNO2.C4H10N2/c11-10-7(3-1-5-12-10)9(13)8-4-2-6-14-8;1-2-6-4-3-5-1/h1-6H;5-6H,1-4H2. The quantitative estimate of drug-likeness (QED) is 0.652. The van der Waals surface area contributed by atoms with Gasteiger partial charge in [-0.1, -0.05) is 11.6 Å². The number of carbonyl (C=O) groups is 1. The second-order valence-electron chi connectivity index (χ2n) is 4.15. The fourth-order valence-corrected chi connectivity index (χ4v) is 1.90. The summed E-state index contributed by atoms with van der Waals surface area (Å²) in [7, 11) is 0. The number of nitrogens with zero attached hydrogens (tertiary/aromatic N) is 1. The zero-order chi connectivity index (χ0) is 14.2. The molecule has 0 bridgehead atoms.